The molecule has 0 unspecified atom stereocenters. The standard InChI is InChI=1S/C18H18FN3O2S/c1-18(24,16-4-3-9-25-16)11-20-17(23)15-10-14(21-22(15)2)12-5-7-13(19)8-6-12/h3-10,24H,11H2,1-2H3,(H,20,23)/t18-/m0/s1. The first-order chi connectivity index (χ1) is 11.9. The molecular formula is C18H18FN3O2S. The highest BCUT2D eigenvalue weighted by atomic mass is 32.1. The number of aliphatic hydroxyl groups is 1. The molecule has 0 saturated carbocycles. The molecule has 0 aliphatic carbocycles. The number of hydrogen-bond acceptors (Lipinski definition) is 4. The maximum atomic E-state index is 13.0. The maximum absolute atomic E-state index is 13.0. The van der Waals surface area contributed by atoms with Crippen molar-refractivity contribution in [2.75, 3.05) is 6.54 Å². The molecule has 1 atom stereocenters. The van der Waals surface area contributed by atoms with Gasteiger partial charge in [-0.3, -0.25) is 9.48 Å². The Balaban J connectivity index is 1.73. The number of thiophene rings is 1. The lowest BCUT2D eigenvalue weighted by atomic mass is 10.1. The van der Waals surface area contributed by atoms with Gasteiger partial charge in [0.2, 0.25) is 0 Å². The molecule has 0 bridgehead atoms. The molecule has 1 amide bonds. The summed E-state index contributed by atoms with van der Waals surface area (Å²) in [5.74, 6) is -0.659. The molecule has 2 heterocycles. The molecular weight excluding hydrogens is 341 g/mol. The second kappa shape index (κ2) is 6.78. The molecule has 0 aliphatic rings. The molecule has 130 valence electrons. The predicted octanol–water partition coefficient (Wildman–Crippen LogP) is 2.93. The molecule has 0 saturated heterocycles. The fourth-order valence-corrected chi connectivity index (χ4v) is 3.24. The van der Waals surface area contributed by atoms with Crippen LogP contribution < -0.4 is 5.32 Å². The fraction of sp³-hybridized carbons (Fsp3) is 0.222. The molecule has 5 nitrogen and oxygen atoms in total. The van der Waals surface area contributed by atoms with Gasteiger partial charge in [0, 0.05) is 17.5 Å². The molecule has 0 radical (unpaired) electrons. The van der Waals surface area contributed by atoms with Gasteiger partial charge >= 0.3 is 0 Å². The van der Waals surface area contributed by atoms with Crippen molar-refractivity contribution in [3.05, 3.63) is 64.2 Å². The highest BCUT2D eigenvalue weighted by Gasteiger charge is 2.26. The van der Waals surface area contributed by atoms with Gasteiger partial charge in [0.15, 0.2) is 0 Å². The molecule has 25 heavy (non-hydrogen) atoms. The van der Waals surface area contributed by atoms with E-state index in [0.717, 1.165) is 10.4 Å². The van der Waals surface area contributed by atoms with Crippen LogP contribution in [0, 0.1) is 5.82 Å². The van der Waals surface area contributed by atoms with Crippen LogP contribution in [0.25, 0.3) is 11.3 Å². The van der Waals surface area contributed by atoms with E-state index in [-0.39, 0.29) is 18.3 Å². The lowest BCUT2D eigenvalue weighted by Gasteiger charge is -2.22. The van der Waals surface area contributed by atoms with Gasteiger partial charge in [0.25, 0.3) is 5.91 Å². The topological polar surface area (TPSA) is 67.2 Å². The Morgan fingerprint density at radius 2 is 2.08 bits per heavy atom. The Morgan fingerprint density at radius 1 is 1.36 bits per heavy atom. The largest absolute Gasteiger partial charge is 0.383 e. The van der Waals surface area contributed by atoms with Crippen LogP contribution >= 0.6 is 11.3 Å². The predicted molar refractivity (Wildman–Crippen MR) is 94.8 cm³/mol. The van der Waals surface area contributed by atoms with Crippen molar-refractivity contribution < 1.29 is 14.3 Å². The normalized spacial score (nSPS) is 13.4. The number of aromatic nitrogens is 2. The zero-order valence-corrected chi connectivity index (χ0v) is 14.7. The average molecular weight is 359 g/mol. The molecule has 0 fully saturated rings. The third-order valence-electron chi connectivity index (χ3n) is 3.90. The Kier molecular flexibility index (Phi) is 4.69. The third kappa shape index (κ3) is 3.78. The van der Waals surface area contributed by atoms with Crippen LogP contribution in [0.15, 0.2) is 47.8 Å². The minimum absolute atomic E-state index is 0.0867. The lowest BCUT2D eigenvalue weighted by molar-refractivity contribution is 0.0554. The molecule has 2 N–H and O–H groups in total. The summed E-state index contributed by atoms with van der Waals surface area (Å²) in [5.41, 5.74) is 0.531. The maximum Gasteiger partial charge on any atom is 0.269 e. The number of amides is 1. The molecule has 1 aromatic carbocycles. The average Bonchev–Trinajstić information content (AvgIpc) is 3.23. The first-order valence-corrected chi connectivity index (χ1v) is 8.59. The molecule has 2 aromatic heterocycles. The number of halogens is 1. The lowest BCUT2D eigenvalue weighted by Crippen LogP contribution is -2.38. The smallest absolute Gasteiger partial charge is 0.269 e. The first kappa shape index (κ1) is 17.3. The van der Waals surface area contributed by atoms with Crippen LogP contribution in [0.3, 0.4) is 0 Å². The minimum atomic E-state index is -1.14. The van der Waals surface area contributed by atoms with E-state index in [0.29, 0.717) is 11.4 Å². The number of carbonyl (C=O) groups excluding carboxylic acids is 1. The second-order valence-corrected chi connectivity index (χ2v) is 6.93. The third-order valence-corrected chi connectivity index (χ3v) is 5.02. The summed E-state index contributed by atoms with van der Waals surface area (Å²) in [6.07, 6.45) is 0. The van der Waals surface area contributed by atoms with E-state index in [1.807, 2.05) is 17.5 Å². The SMILES string of the molecule is Cn1nc(-c2ccc(F)cc2)cc1C(=O)NC[C@](C)(O)c1cccs1. The van der Waals surface area contributed by atoms with Crippen LogP contribution in [0.2, 0.25) is 0 Å². The van der Waals surface area contributed by atoms with E-state index in [9.17, 15) is 14.3 Å². The van der Waals surface area contributed by atoms with Gasteiger partial charge in [0.1, 0.15) is 17.1 Å². The van der Waals surface area contributed by atoms with Gasteiger partial charge in [-0.05, 0) is 48.7 Å². The van der Waals surface area contributed by atoms with Gasteiger partial charge in [-0.25, -0.2) is 4.39 Å². The molecule has 0 aliphatic heterocycles. The summed E-state index contributed by atoms with van der Waals surface area (Å²) >= 11 is 1.43. The second-order valence-electron chi connectivity index (χ2n) is 5.98. The Hall–Kier alpha value is -2.51. The van der Waals surface area contributed by atoms with Crippen molar-refractivity contribution in [1.29, 1.82) is 0 Å². The van der Waals surface area contributed by atoms with Crippen LogP contribution in [-0.2, 0) is 12.6 Å². The quantitative estimate of drug-likeness (QED) is 0.736. The van der Waals surface area contributed by atoms with Crippen LogP contribution in [0.5, 0.6) is 0 Å². The highest BCUT2D eigenvalue weighted by Crippen LogP contribution is 2.24. The summed E-state index contributed by atoms with van der Waals surface area (Å²) in [6, 6.07) is 11.2. The van der Waals surface area contributed by atoms with Gasteiger partial charge in [-0.15, -0.1) is 11.3 Å². The number of benzene rings is 1. The molecule has 7 heteroatoms. The monoisotopic (exact) mass is 359 g/mol. The van der Waals surface area contributed by atoms with Crippen molar-refractivity contribution >= 4 is 17.2 Å². The summed E-state index contributed by atoms with van der Waals surface area (Å²) < 4.78 is 14.5. The zero-order valence-electron chi connectivity index (χ0n) is 13.9. The number of nitrogens with one attached hydrogen (secondary N) is 1. The van der Waals surface area contributed by atoms with E-state index >= 15 is 0 Å². The van der Waals surface area contributed by atoms with Gasteiger partial charge in [0.05, 0.1) is 12.2 Å². The molecule has 3 rings (SSSR count). The van der Waals surface area contributed by atoms with Crippen molar-refractivity contribution in [3.8, 4) is 11.3 Å². The van der Waals surface area contributed by atoms with E-state index < -0.39 is 5.60 Å². The highest BCUT2D eigenvalue weighted by molar-refractivity contribution is 7.10. The number of nitrogens with zero attached hydrogens (tertiary/aromatic N) is 2. The van der Waals surface area contributed by atoms with E-state index in [1.165, 1.54) is 28.2 Å². The van der Waals surface area contributed by atoms with Crippen molar-refractivity contribution in [2.24, 2.45) is 7.05 Å². The van der Waals surface area contributed by atoms with Gasteiger partial charge < -0.3 is 10.4 Å². The number of rotatable bonds is 5. The zero-order chi connectivity index (χ0) is 18.0. The van der Waals surface area contributed by atoms with E-state index in [2.05, 4.69) is 10.4 Å². The number of aryl methyl sites for hydroxylation is 1. The van der Waals surface area contributed by atoms with Crippen molar-refractivity contribution in [3.63, 3.8) is 0 Å². The molecule has 0 spiro atoms. The first-order valence-electron chi connectivity index (χ1n) is 7.71. The Bertz CT molecular complexity index is 870. The Morgan fingerprint density at radius 3 is 2.72 bits per heavy atom. The minimum Gasteiger partial charge on any atom is -0.383 e. The molecule has 3 aromatic rings. The van der Waals surface area contributed by atoms with E-state index in [4.69, 9.17) is 0 Å². The van der Waals surface area contributed by atoms with Crippen molar-refractivity contribution in [1.82, 2.24) is 15.1 Å². The summed E-state index contributed by atoms with van der Waals surface area (Å²) in [4.78, 5) is 13.2. The van der Waals surface area contributed by atoms with Gasteiger partial charge in [-0.2, -0.15) is 5.10 Å². The fourth-order valence-electron chi connectivity index (χ4n) is 2.46. The van der Waals surface area contributed by atoms with Crippen LogP contribution in [0.4, 0.5) is 4.39 Å². The summed E-state index contributed by atoms with van der Waals surface area (Å²) in [5, 5.41) is 19.4. The summed E-state index contributed by atoms with van der Waals surface area (Å²) in [7, 11) is 1.67. The van der Waals surface area contributed by atoms with Crippen LogP contribution in [-0.4, -0.2) is 27.3 Å². The van der Waals surface area contributed by atoms with Crippen molar-refractivity contribution in [2.45, 2.75) is 12.5 Å². The number of carbonyl (C=O) groups is 1. The summed E-state index contributed by atoms with van der Waals surface area (Å²) in [6.45, 7) is 1.75. The number of hydrogen-bond donors (Lipinski definition) is 2. The van der Waals surface area contributed by atoms with Gasteiger partial charge in [-0.1, -0.05) is 6.07 Å². The van der Waals surface area contributed by atoms with Crippen LogP contribution in [0.1, 0.15) is 22.3 Å². The van der Waals surface area contributed by atoms with E-state index in [1.54, 1.807) is 32.2 Å². The Labute approximate surface area is 148 Å².